The maximum absolute atomic E-state index is 11.7. The van der Waals surface area contributed by atoms with Crippen LogP contribution in [0.25, 0.3) is 0 Å². The van der Waals surface area contributed by atoms with Crippen LogP contribution in [-0.4, -0.2) is 44.5 Å². The Bertz CT molecular complexity index is 777. The minimum Gasteiger partial charge on any atom is -0.755 e. The molecule has 0 bridgehead atoms. The van der Waals surface area contributed by atoms with Crippen LogP contribution in [0.3, 0.4) is 0 Å². The molecule has 0 spiro atoms. The number of carbonyl (C=O) groups is 1. The van der Waals surface area contributed by atoms with Crippen molar-refractivity contribution in [2.75, 3.05) is 22.7 Å². The number of ether oxygens (including phenoxy) is 1. The molecule has 0 aromatic heterocycles. The first-order chi connectivity index (χ1) is 14.1. The van der Waals surface area contributed by atoms with E-state index in [1.807, 2.05) is 0 Å². The third-order valence-corrected chi connectivity index (χ3v) is 5.35. The summed E-state index contributed by atoms with van der Waals surface area (Å²) >= 11 is -2.67. The number of anilines is 2. The van der Waals surface area contributed by atoms with Crippen molar-refractivity contribution in [2.45, 2.75) is 64.5 Å². The highest BCUT2D eigenvalue weighted by Gasteiger charge is 2.22. The van der Waals surface area contributed by atoms with E-state index in [9.17, 15) is 23.7 Å². The Kier molecular flexibility index (Phi) is 8.42. The fourth-order valence-electron chi connectivity index (χ4n) is 3.28. The molecule has 30 heavy (non-hydrogen) atoms. The molecule has 2 N–H and O–H groups in total. The van der Waals surface area contributed by atoms with E-state index >= 15 is 0 Å². The molecule has 1 aromatic carbocycles. The highest BCUT2D eigenvalue weighted by Crippen LogP contribution is 2.32. The fourth-order valence-corrected chi connectivity index (χ4v) is 3.80. The number of carbonyl (C=O) groups excluding carboxylic acids is 1. The maximum Gasteiger partial charge on any atom is 0.407 e. The molecule has 10 nitrogen and oxygen atoms in total. The Labute approximate surface area is 178 Å². The van der Waals surface area contributed by atoms with Gasteiger partial charge in [0.1, 0.15) is 11.3 Å². The van der Waals surface area contributed by atoms with Gasteiger partial charge in [-0.1, -0.05) is 19.3 Å². The lowest BCUT2D eigenvalue weighted by atomic mass is 9.95. The molecule has 1 atom stereocenters. The van der Waals surface area contributed by atoms with E-state index in [1.54, 1.807) is 20.8 Å². The Balaban J connectivity index is 2.09. The number of hydrogen-bond acceptors (Lipinski definition) is 7. The van der Waals surface area contributed by atoms with Gasteiger partial charge >= 0.3 is 6.09 Å². The lowest BCUT2D eigenvalue weighted by Gasteiger charge is -2.28. The van der Waals surface area contributed by atoms with Gasteiger partial charge in [0.2, 0.25) is 0 Å². The van der Waals surface area contributed by atoms with Gasteiger partial charge < -0.3 is 24.2 Å². The summed E-state index contributed by atoms with van der Waals surface area (Å²) in [4.78, 5) is 22.8. The highest BCUT2D eigenvalue weighted by molar-refractivity contribution is 7.80. The van der Waals surface area contributed by atoms with Crippen molar-refractivity contribution in [3.63, 3.8) is 0 Å². The van der Waals surface area contributed by atoms with Crippen molar-refractivity contribution in [1.82, 2.24) is 5.32 Å². The van der Waals surface area contributed by atoms with E-state index in [2.05, 4.69) is 10.6 Å². The third kappa shape index (κ3) is 7.45. The van der Waals surface area contributed by atoms with Crippen LogP contribution >= 0.6 is 0 Å². The van der Waals surface area contributed by atoms with Gasteiger partial charge in [-0.3, -0.25) is 14.3 Å². The van der Waals surface area contributed by atoms with Crippen LogP contribution in [0, 0.1) is 10.1 Å². The van der Waals surface area contributed by atoms with Crippen LogP contribution < -0.4 is 14.9 Å². The number of nitrogens with one attached hydrogen (secondary N) is 2. The molecule has 1 aliphatic rings. The van der Waals surface area contributed by atoms with Crippen molar-refractivity contribution >= 4 is 34.4 Å². The number of rotatable bonds is 8. The van der Waals surface area contributed by atoms with Crippen LogP contribution in [0.2, 0.25) is 0 Å². The van der Waals surface area contributed by atoms with Gasteiger partial charge in [0, 0.05) is 36.5 Å². The first-order valence-corrected chi connectivity index (χ1v) is 11.0. The van der Waals surface area contributed by atoms with Gasteiger partial charge in [0.15, 0.2) is 0 Å². The fraction of sp³-hybridized carbons (Fsp3) is 0.632. The number of benzene rings is 1. The smallest absolute Gasteiger partial charge is 0.407 e. The van der Waals surface area contributed by atoms with Crippen LogP contribution in [0.5, 0.6) is 0 Å². The maximum atomic E-state index is 11.7. The summed E-state index contributed by atoms with van der Waals surface area (Å²) in [5.41, 5.74) is -0.338. The molecule has 0 radical (unpaired) electrons. The topological polar surface area (TPSA) is 137 Å². The molecule has 0 heterocycles. The highest BCUT2D eigenvalue weighted by atomic mass is 32.2. The normalized spacial score (nSPS) is 15.9. The molecule has 1 aliphatic carbocycles. The molecule has 2 rings (SSSR count). The van der Waals surface area contributed by atoms with Crippen molar-refractivity contribution in [1.29, 1.82) is 0 Å². The van der Waals surface area contributed by atoms with Crippen molar-refractivity contribution < 1.29 is 23.2 Å². The Morgan fingerprint density at radius 2 is 1.97 bits per heavy atom. The molecular formula is C19H29N4O6S-. The zero-order valence-corrected chi connectivity index (χ0v) is 18.3. The summed E-state index contributed by atoms with van der Waals surface area (Å²) in [6, 6.07) is 4.45. The lowest BCUT2D eigenvalue weighted by molar-refractivity contribution is -0.383. The number of nitro groups is 1. The summed E-state index contributed by atoms with van der Waals surface area (Å²) < 4.78 is 29.4. The van der Waals surface area contributed by atoms with Gasteiger partial charge in [0.25, 0.3) is 5.69 Å². The van der Waals surface area contributed by atoms with Crippen molar-refractivity contribution in [3.05, 3.63) is 28.3 Å². The molecule has 1 fully saturated rings. The minimum atomic E-state index is -2.67. The molecule has 168 valence electrons. The zero-order valence-electron chi connectivity index (χ0n) is 17.5. The molecule has 1 unspecified atom stereocenters. The predicted octanol–water partition coefficient (Wildman–Crippen LogP) is 3.46. The van der Waals surface area contributed by atoms with Crippen LogP contribution in [0.1, 0.15) is 52.9 Å². The van der Waals surface area contributed by atoms with E-state index < -0.39 is 27.9 Å². The minimum absolute atomic E-state index is 0.0151. The number of amides is 1. The van der Waals surface area contributed by atoms with Gasteiger partial charge in [-0.25, -0.2) is 4.79 Å². The van der Waals surface area contributed by atoms with Gasteiger partial charge in [-0.15, -0.1) is 0 Å². The van der Waals surface area contributed by atoms with Gasteiger partial charge in [0.05, 0.1) is 10.6 Å². The van der Waals surface area contributed by atoms with E-state index in [0.29, 0.717) is 5.69 Å². The molecule has 0 aliphatic heterocycles. The quantitative estimate of drug-likeness (QED) is 0.358. The first-order valence-electron chi connectivity index (χ1n) is 9.95. The molecule has 0 saturated heterocycles. The second kappa shape index (κ2) is 10.6. The molecule has 1 aromatic rings. The van der Waals surface area contributed by atoms with Crippen LogP contribution in [0.15, 0.2) is 18.2 Å². The average Bonchev–Trinajstić information content (AvgIpc) is 2.65. The Morgan fingerprint density at radius 1 is 1.30 bits per heavy atom. The zero-order chi connectivity index (χ0) is 22.3. The Hall–Kier alpha value is -2.40. The lowest BCUT2D eigenvalue weighted by Crippen LogP contribution is -2.38. The summed E-state index contributed by atoms with van der Waals surface area (Å²) in [7, 11) is 0. The summed E-state index contributed by atoms with van der Waals surface area (Å²) in [6.07, 6.45) is 4.56. The largest absolute Gasteiger partial charge is 0.755 e. The standard InChI is InChI=1S/C19H30N4O6S/c1-19(2,3)29-18(24)20-11-12-22(30(27)28)15-9-10-16(17(13-15)23(25)26)21-14-7-5-4-6-8-14/h9-10,13-14,21H,4-8,11-12H2,1-3H3,(H,20,24)(H,27,28)/p-1. The van der Waals surface area contributed by atoms with Crippen molar-refractivity contribution in [3.8, 4) is 0 Å². The van der Waals surface area contributed by atoms with Gasteiger partial charge in [-0.05, 0) is 45.7 Å². The number of alkyl carbamates (subject to hydrolysis) is 1. The van der Waals surface area contributed by atoms with Crippen LogP contribution in [0.4, 0.5) is 21.9 Å². The van der Waals surface area contributed by atoms with Crippen molar-refractivity contribution in [2.24, 2.45) is 0 Å². The summed E-state index contributed by atoms with van der Waals surface area (Å²) in [5.74, 6) is 0. The first kappa shape index (κ1) is 23.9. The monoisotopic (exact) mass is 441 g/mol. The van der Waals surface area contributed by atoms with E-state index in [4.69, 9.17) is 4.74 Å². The SMILES string of the molecule is CC(C)(C)OC(=O)NCCN(c1ccc(NC2CCCCC2)c([N+](=O)[O-])c1)S(=O)[O-]. The van der Waals surface area contributed by atoms with E-state index in [0.717, 1.165) is 30.0 Å². The van der Waals surface area contributed by atoms with E-state index in [-0.39, 0.29) is 30.5 Å². The second-order valence-electron chi connectivity index (χ2n) is 8.19. The van der Waals surface area contributed by atoms with Gasteiger partial charge in [-0.2, -0.15) is 0 Å². The van der Waals surface area contributed by atoms with Crippen LogP contribution in [-0.2, 0) is 16.0 Å². The number of nitrogens with zero attached hydrogens (tertiary/aromatic N) is 2. The molecule has 11 heteroatoms. The number of nitro benzene ring substituents is 1. The molecular weight excluding hydrogens is 412 g/mol. The summed E-state index contributed by atoms with van der Waals surface area (Å²) in [5, 5.41) is 17.3. The van der Waals surface area contributed by atoms with E-state index in [1.165, 1.54) is 24.6 Å². The summed E-state index contributed by atoms with van der Waals surface area (Å²) in [6.45, 7) is 5.04. The second-order valence-corrected chi connectivity index (χ2v) is 9.06. The molecule has 1 amide bonds. The molecule has 1 saturated carbocycles. The Morgan fingerprint density at radius 3 is 2.53 bits per heavy atom. The third-order valence-electron chi connectivity index (χ3n) is 4.59. The predicted molar refractivity (Wildman–Crippen MR) is 114 cm³/mol. The average molecular weight is 442 g/mol. The number of hydrogen-bond donors (Lipinski definition) is 2.